The van der Waals surface area contributed by atoms with Gasteiger partial charge in [0.1, 0.15) is 0 Å². The minimum absolute atomic E-state index is 0.149. The molecule has 0 aliphatic heterocycles. The molecule has 0 aliphatic carbocycles. The predicted molar refractivity (Wildman–Crippen MR) is 82.6 cm³/mol. The van der Waals surface area contributed by atoms with Gasteiger partial charge in [0, 0.05) is 4.90 Å². The number of fused-ring (bicyclic) bond motifs is 1. The molecule has 0 atom stereocenters. The maximum absolute atomic E-state index is 12.1. The lowest BCUT2D eigenvalue weighted by atomic mass is 10.2. The predicted octanol–water partition coefficient (Wildman–Crippen LogP) is 2.74. The number of thioether (sulfide) groups is 1. The van der Waals surface area contributed by atoms with Crippen molar-refractivity contribution in [2.24, 2.45) is 0 Å². The molecule has 21 heavy (non-hydrogen) atoms. The molecule has 0 unspecified atom stereocenters. The van der Waals surface area contributed by atoms with Crippen LogP contribution in [0.15, 0.2) is 52.2 Å². The largest absolute Gasteiger partial charge is 0.478 e. The summed E-state index contributed by atoms with van der Waals surface area (Å²) in [5, 5.41) is 9.08. The Balaban J connectivity index is 2.24. The van der Waals surface area contributed by atoms with E-state index in [1.807, 2.05) is 30.5 Å². The number of hydrogen-bond acceptors (Lipinski definition) is 3. The van der Waals surface area contributed by atoms with Gasteiger partial charge in [-0.25, -0.2) is 9.59 Å². The van der Waals surface area contributed by atoms with Crippen molar-refractivity contribution in [1.82, 2.24) is 9.55 Å². The van der Waals surface area contributed by atoms with Crippen LogP contribution >= 0.6 is 11.8 Å². The highest BCUT2D eigenvalue weighted by Crippen LogP contribution is 2.20. The van der Waals surface area contributed by atoms with Gasteiger partial charge in [-0.2, -0.15) is 0 Å². The number of aromatic amines is 1. The summed E-state index contributed by atoms with van der Waals surface area (Å²) in [5.74, 6) is -1.02. The Hall–Kier alpha value is -2.47. The van der Waals surface area contributed by atoms with Crippen LogP contribution in [0, 0.1) is 0 Å². The Bertz CT molecular complexity index is 878. The fourth-order valence-electron chi connectivity index (χ4n) is 2.22. The van der Waals surface area contributed by atoms with Crippen molar-refractivity contribution in [2.45, 2.75) is 4.90 Å². The number of hydrogen-bond donors (Lipinski definition) is 2. The number of aromatic nitrogens is 2. The van der Waals surface area contributed by atoms with E-state index in [2.05, 4.69) is 4.98 Å². The van der Waals surface area contributed by atoms with Gasteiger partial charge in [0.25, 0.3) is 0 Å². The third-order valence-electron chi connectivity index (χ3n) is 3.26. The molecule has 0 saturated heterocycles. The van der Waals surface area contributed by atoms with Crippen molar-refractivity contribution in [2.75, 3.05) is 6.26 Å². The van der Waals surface area contributed by atoms with Crippen molar-refractivity contribution in [3.8, 4) is 5.69 Å². The van der Waals surface area contributed by atoms with E-state index >= 15 is 0 Å². The molecule has 0 amide bonds. The lowest BCUT2D eigenvalue weighted by Crippen LogP contribution is -2.14. The molecule has 0 fully saturated rings. The molecule has 2 N–H and O–H groups in total. The molecule has 3 aromatic rings. The quantitative estimate of drug-likeness (QED) is 0.729. The van der Waals surface area contributed by atoms with Crippen molar-refractivity contribution in [3.05, 3.63) is 58.5 Å². The number of carbonyl (C=O) groups is 1. The van der Waals surface area contributed by atoms with E-state index in [-0.39, 0.29) is 11.3 Å². The third kappa shape index (κ3) is 2.34. The van der Waals surface area contributed by atoms with Gasteiger partial charge in [0.15, 0.2) is 0 Å². The summed E-state index contributed by atoms with van der Waals surface area (Å²) in [6, 6.07) is 12.1. The lowest BCUT2D eigenvalue weighted by Gasteiger charge is -2.05. The van der Waals surface area contributed by atoms with Gasteiger partial charge in [-0.15, -0.1) is 11.8 Å². The number of carboxylic acids is 1. The van der Waals surface area contributed by atoms with Crippen molar-refractivity contribution in [1.29, 1.82) is 0 Å². The number of aromatic carboxylic acids is 1. The number of carboxylic acid groups (broad SMARTS) is 1. The molecule has 5 nitrogen and oxygen atoms in total. The minimum Gasteiger partial charge on any atom is -0.478 e. The molecule has 0 bridgehead atoms. The first-order valence-corrected chi connectivity index (χ1v) is 7.45. The highest BCUT2D eigenvalue weighted by atomic mass is 32.2. The maximum Gasteiger partial charge on any atom is 0.335 e. The van der Waals surface area contributed by atoms with Gasteiger partial charge < -0.3 is 10.1 Å². The maximum atomic E-state index is 12.1. The second kappa shape index (κ2) is 5.14. The number of benzene rings is 2. The van der Waals surface area contributed by atoms with E-state index in [0.29, 0.717) is 16.7 Å². The van der Waals surface area contributed by atoms with Crippen LogP contribution in [-0.4, -0.2) is 26.9 Å². The Labute approximate surface area is 124 Å². The topological polar surface area (TPSA) is 75.1 Å². The Morgan fingerprint density at radius 3 is 2.52 bits per heavy atom. The van der Waals surface area contributed by atoms with Crippen LogP contribution in [0.2, 0.25) is 0 Å². The normalized spacial score (nSPS) is 10.9. The number of imidazole rings is 1. The summed E-state index contributed by atoms with van der Waals surface area (Å²) in [7, 11) is 0. The van der Waals surface area contributed by atoms with Gasteiger partial charge in [-0.1, -0.05) is 0 Å². The van der Waals surface area contributed by atoms with Crippen LogP contribution in [0.3, 0.4) is 0 Å². The van der Waals surface area contributed by atoms with E-state index in [0.717, 1.165) is 4.90 Å². The molecule has 0 spiro atoms. The molecule has 106 valence electrons. The monoisotopic (exact) mass is 300 g/mol. The van der Waals surface area contributed by atoms with Crippen LogP contribution < -0.4 is 5.69 Å². The SMILES string of the molecule is CSc1ccc(-n2c(=O)[nH]c3ccc(C(=O)O)cc32)cc1. The van der Waals surface area contributed by atoms with Crippen molar-refractivity contribution < 1.29 is 9.90 Å². The molecule has 0 saturated carbocycles. The zero-order valence-corrected chi connectivity index (χ0v) is 12.0. The first-order valence-electron chi connectivity index (χ1n) is 6.22. The molecular formula is C15H12N2O3S. The van der Waals surface area contributed by atoms with Crippen molar-refractivity contribution >= 4 is 28.8 Å². The molecule has 1 aromatic heterocycles. The number of rotatable bonds is 3. The van der Waals surface area contributed by atoms with E-state index in [9.17, 15) is 9.59 Å². The first-order chi connectivity index (χ1) is 10.1. The van der Waals surface area contributed by atoms with Gasteiger partial charge in [-0.05, 0) is 48.7 Å². The van der Waals surface area contributed by atoms with E-state index < -0.39 is 5.97 Å². The third-order valence-corrected chi connectivity index (χ3v) is 4.00. The van der Waals surface area contributed by atoms with E-state index in [4.69, 9.17) is 5.11 Å². The second-order valence-corrected chi connectivity index (χ2v) is 5.38. The highest BCUT2D eigenvalue weighted by Gasteiger charge is 2.11. The summed E-state index contributed by atoms with van der Waals surface area (Å²) in [6.07, 6.45) is 1.98. The average molecular weight is 300 g/mol. The summed E-state index contributed by atoms with van der Waals surface area (Å²) < 4.78 is 1.48. The van der Waals surface area contributed by atoms with Crippen molar-refractivity contribution in [3.63, 3.8) is 0 Å². The Morgan fingerprint density at radius 2 is 1.90 bits per heavy atom. The fourth-order valence-corrected chi connectivity index (χ4v) is 2.63. The number of H-pyrrole nitrogens is 1. The van der Waals surface area contributed by atoms with Crippen LogP contribution in [0.4, 0.5) is 0 Å². The number of nitrogens with one attached hydrogen (secondary N) is 1. The Morgan fingerprint density at radius 1 is 1.19 bits per heavy atom. The molecular weight excluding hydrogens is 288 g/mol. The van der Waals surface area contributed by atoms with Gasteiger partial charge in [0.2, 0.25) is 0 Å². The molecule has 1 heterocycles. The molecule has 0 aliphatic rings. The van der Waals surface area contributed by atoms with E-state index in [1.54, 1.807) is 17.8 Å². The molecule has 0 radical (unpaired) electrons. The molecule has 3 rings (SSSR count). The molecule has 6 heteroatoms. The van der Waals surface area contributed by atoms with Gasteiger partial charge in [0.05, 0.1) is 22.3 Å². The summed E-state index contributed by atoms with van der Waals surface area (Å²) in [6.45, 7) is 0. The van der Waals surface area contributed by atoms with E-state index in [1.165, 1.54) is 16.7 Å². The molecule has 2 aromatic carbocycles. The zero-order chi connectivity index (χ0) is 15.0. The average Bonchev–Trinajstić information content (AvgIpc) is 2.82. The second-order valence-electron chi connectivity index (χ2n) is 4.50. The summed E-state index contributed by atoms with van der Waals surface area (Å²) in [5.41, 5.74) is 1.72. The smallest absolute Gasteiger partial charge is 0.335 e. The van der Waals surface area contributed by atoms with Gasteiger partial charge in [-0.3, -0.25) is 4.57 Å². The first kappa shape index (κ1) is 13.5. The lowest BCUT2D eigenvalue weighted by molar-refractivity contribution is 0.0697. The minimum atomic E-state index is -1.02. The van der Waals surface area contributed by atoms with Crippen LogP contribution in [0.5, 0.6) is 0 Å². The van der Waals surface area contributed by atoms with Crippen LogP contribution in [0.25, 0.3) is 16.7 Å². The standard InChI is InChI=1S/C15H12N2O3S/c1-21-11-5-3-10(4-6-11)17-13-8-9(14(18)19)2-7-12(13)16-15(17)20/h2-8H,1H3,(H,16,20)(H,18,19). The number of nitrogens with zero attached hydrogens (tertiary/aromatic N) is 1. The fraction of sp³-hybridized carbons (Fsp3) is 0.0667. The summed E-state index contributed by atoms with van der Waals surface area (Å²) >= 11 is 1.62. The summed E-state index contributed by atoms with van der Waals surface area (Å²) in [4.78, 5) is 27.0. The van der Waals surface area contributed by atoms with Crippen LogP contribution in [-0.2, 0) is 0 Å². The van der Waals surface area contributed by atoms with Gasteiger partial charge >= 0.3 is 11.7 Å². The Kier molecular flexibility index (Phi) is 3.31. The zero-order valence-electron chi connectivity index (χ0n) is 11.2. The van der Waals surface area contributed by atoms with Crippen LogP contribution in [0.1, 0.15) is 10.4 Å². The highest BCUT2D eigenvalue weighted by molar-refractivity contribution is 7.98.